The lowest BCUT2D eigenvalue weighted by Crippen LogP contribution is -2.61. The van der Waals surface area contributed by atoms with Crippen LogP contribution >= 0.6 is 12.6 Å². The fraction of sp³-hybridized carbons (Fsp3) is 0.444. The summed E-state index contributed by atoms with van der Waals surface area (Å²) in [4.78, 5) is 0. The van der Waals surface area contributed by atoms with Crippen molar-refractivity contribution in [1.29, 1.82) is 0 Å². The number of hydrogen-bond donors (Lipinski definition) is 2. The van der Waals surface area contributed by atoms with Crippen LogP contribution in [-0.2, 0) is 14.2 Å². The normalized spacial score (nSPS) is 29.8. The first-order valence-corrected chi connectivity index (χ1v) is 8.34. The molecule has 1 saturated heterocycles. The molecular weight excluding hydrogens is 328 g/mol. The second-order valence-electron chi connectivity index (χ2n) is 5.32. The van der Waals surface area contributed by atoms with Crippen molar-refractivity contribution in [3.63, 3.8) is 0 Å². The van der Waals surface area contributed by atoms with Crippen LogP contribution in [0.1, 0.15) is 0 Å². The topological polar surface area (TPSA) is 57.2 Å². The van der Waals surface area contributed by atoms with E-state index in [1.807, 2.05) is 30.3 Å². The molecule has 2 rings (SSSR count). The van der Waals surface area contributed by atoms with Gasteiger partial charge in [0.1, 0.15) is 29.5 Å². The summed E-state index contributed by atoms with van der Waals surface area (Å²) in [6.45, 7) is 7.78. The summed E-state index contributed by atoms with van der Waals surface area (Å²) in [5.74, 6) is 0.664. The van der Waals surface area contributed by atoms with E-state index >= 15 is 0 Å². The second kappa shape index (κ2) is 9.86. The highest BCUT2D eigenvalue weighted by atomic mass is 32.1. The monoisotopic (exact) mass is 352 g/mol. The van der Waals surface area contributed by atoms with E-state index in [0.717, 1.165) is 0 Å². The molecule has 5 atom stereocenters. The standard InChI is InChI=1S/C18H24O5S/c1-3-10-20-16-15(22-13-8-6-5-7-9-13)14(12-19)23-18(24)17(16)21-11-4-2/h3-9,14-19,24H,1-2,10-12H2/t14-,15-,16+,17-,18-/m1/s1. The lowest BCUT2D eigenvalue weighted by atomic mass is 9.99. The Morgan fingerprint density at radius 1 is 1.04 bits per heavy atom. The molecule has 1 aromatic rings. The molecule has 1 aliphatic heterocycles. The van der Waals surface area contributed by atoms with Crippen LogP contribution in [0.3, 0.4) is 0 Å². The highest BCUT2D eigenvalue weighted by molar-refractivity contribution is 7.80. The van der Waals surface area contributed by atoms with Crippen LogP contribution in [0.4, 0.5) is 0 Å². The molecule has 6 heteroatoms. The molecule has 5 nitrogen and oxygen atoms in total. The lowest BCUT2D eigenvalue weighted by Gasteiger charge is -2.44. The predicted molar refractivity (Wildman–Crippen MR) is 95.5 cm³/mol. The van der Waals surface area contributed by atoms with Crippen molar-refractivity contribution >= 4 is 12.6 Å². The molecule has 0 spiro atoms. The van der Waals surface area contributed by atoms with Gasteiger partial charge in [-0.15, -0.1) is 25.8 Å². The molecule has 24 heavy (non-hydrogen) atoms. The first kappa shape index (κ1) is 19.0. The highest BCUT2D eigenvalue weighted by Crippen LogP contribution is 2.30. The van der Waals surface area contributed by atoms with Gasteiger partial charge in [0.05, 0.1) is 19.8 Å². The van der Waals surface area contributed by atoms with E-state index in [9.17, 15) is 5.11 Å². The van der Waals surface area contributed by atoms with Gasteiger partial charge in [-0.3, -0.25) is 0 Å². The van der Waals surface area contributed by atoms with Crippen LogP contribution in [0.5, 0.6) is 5.75 Å². The molecule has 0 bridgehead atoms. The third-order valence-corrected chi connectivity index (χ3v) is 4.03. The molecule has 1 aromatic carbocycles. The van der Waals surface area contributed by atoms with Crippen molar-refractivity contribution in [2.75, 3.05) is 19.8 Å². The van der Waals surface area contributed by atoms with Crippen LogP contribution in [0, 0.1) is 0 Å². The molecule has 132 valence electrons. The molecule has 1 heterocycles. The number of hydrogen-bond acceptors (Lipinski definition) is 6. The summed E-state index contributed by atoms with van der Waals surface area (Å²) in [6.07, 6.45) is 1.23. The van der Waals surface area contributed by atoms with Crippen LogP contribution < -0.4 is 4.74 Å². The third kappa shape index (κ3) is 4.84. The highest BCUT2D eigenvalue weighted by Gasteiger charge is 2.47. The molecule has 1 N–H and O–H groups in total. The number of benzene rings is 1. The molecule has 0 radical (unpaired) electrons. The van der Waals surface area contributed by atoms with Gasteiger partial charge in [-0.2, -0.15) is 0 Å². The van der Waals surface area contributed by atoms with Crippen molar-refractivity contribution in [2.45, 2.75) is 29.9 Å². The van der Waals surface area contributed by atoms with Crippen LogP contribution in [0.2, 0.25) is 0 Å². The Hall–Kier alpha value is -1.31. The minimum absolute atomic E-state index is 0.212. The quantitative estimate of drug-likeness (QED) is 0.527. The minimum atomic E-state index is -0.578. The number of aliphatic hydroxyl groups is 1. The fourth-order valence-electron chi connectivity index (χ4n) is 2.57. The largest absolute Gasteiger partial charge is 0.485 e. The molecule has 1 aliphatic rings. The van der Waals surface area contributed by atoms with Gasteiger partial charge in [-0.1, -0.05) is 30.4 Å². The smallest absolute Gasteiger partial charge is 0.156 e. The summed E-state index contributed by atoms with van der Waals surface area (Å²) in [5.41, 5.74) is -0.549. The maximum absolute atomic E-state index is 9.69. The number of thiol groups is 1. The Morgan fingerprint density at radius 3 is 2.25 bits per heavy atom. The molecule has 0 aromatic heterocycles. The molecule has 1 fully saturated rings. The van der Waals surface area contributed by atoms with Gasteiger partial charge in [-0.05, 0) is 12.1 Å². The summed E-state index contributed by atoms with van der Waals surface area (Å²) in [5, 5.41) is 9.69. The van der Waals surface area contributed by atoms with Crippen molar-refractivity contribution in [3.05, 3.63) is 55.6 Å². The van der Waals surface area contributed by atoms with Gasteiger partial charge in [0.15, 0.2) is 6.10 Å². The Balaban J connectivity index is 2.24. The number of aliphatic hydroxyl groups excluding tert-OH is 1. The fourth-order valence-corrected chi connectivity index (χ4v) is 2.98. The molecular formula is C18H24O5S. The second-order valence-corrected chi connectivity index (χ2v) is 5.83. The third-order valence-electron chi connectivity index (χ3n) is 3.62. The van der Waals surface area contributed by atoms with Crippen molar-refractivity contribution in [3.8, 4) is 5.75 Å². The van der Waals surface area contributed by atoms with E-state index in [0.29, 0.717) is 19.0 Å². The van der Waals surface area contributed by atoms with Gasteiger partial charge in [0.25, 0.3) is 0 Å². The van der Waals surface area contributed by atoms with Gasteiger partial charge < -0.3 is 24.1 Å². The maximum atomic E-state index is 9.69. The van der Waals surface area contributed by atoms with Gasteiger partial charge in [-0.25, -0.2) is 0 Å². The van der Waals surface area contributed by atoms with Crippen molar-refractivity contribution < 1.29 is 24.1 Å². The molecule has 0 saturated carbocycles. The van der Waals surface area contributed by atoms with E-state index in [2.05, 4.69) is 25.8 Å². The summed E-state index contributed by atoms with van der Waals surface area (Å²) >= 11 is 4.44. The van der Waals surface area contributed by atoms with E-state index < -0.39 is 29.9 Å². The summed E-state index contributed by atoms with van der Waals surface area (Å²) in [6, 6.07) is 9.33. The number of para-hydroxylation sites is 1. The summed E-state index contributed by atoms with van der Waals surface area (Å²) < 4.78 is 23.5. The Morgan fingerprint density at radius 2 is 1.67 bits per heavy atom. The minimum Gasteiger partial charge on any atom is -0.485 e. The van der Waals surface area contributed by atoms with Gasteiger partial charge >= 0.3 is 0 Å². The average Bonchev–Trinajstić information content (AvgIpc) is 2.61. The zero-order valence-corrected chi connectivity index (χ0v) is 14.4. The Bertz CT molecular complexity index is 509. The van der Waals surface area contributed by atoms with Crippen LogP contribution in [-0.4, -0.2) is 54.8 Å². The molecule has 0 amide bonds. The summed E-state index contributed by atoms with van der Waals surface area (Å²) in [7, 11) is 0. The SMILES string of the molecule is C=CCO[C@@H]1[C@@H](OCC=C)[C@@H](S)O[C@H](CO)[C@H]1Oc1ccccc1. The van der Waals surface area contributed by atoms with E-state index in [1.54, 1.807) is 12.2 Å². The van der Waals surface area contributed by atoms with Gasteiger partial charge in [0, 0.05) is 0 Å². The van der Waals surface area contributed by atoms with Crippen LogP contribution in [0.15, 0.2) is 55.6 Å². The Kier molecular flexibility index (Phi) is 7.81. The molecule has 0 unspecified atom stereocenters. The van der Waals surface area contributed by atoms with Crippen molar-refractivity contribution in [2.24, 2.45) is 0 Å². The molecule has 0 aliphatic carbocycles. The van der Waals surface area contributed by atoms with E-state index in [-0.39, 0.29) is 6.61 Å². The zero-order valence-electron chi connectivity index (χ0n) is 13.5. The van der Waals surface area contributed by atoms with E-state index in [1.165, 1.54) is 0 Å². The van der Waals surface area contributed by atoms with Crippen LogP contribution in [0.25, 0.3) is 0 Å². The maximum Gasteiger partial charge on any atom is 0.156 e. The number of ether oxygens (including phenoxy) is 4. The number of rotatable bonds is 9. The Labute approximate surface area is 148 Å². The lowest BCUT2D eigenvalue weighted by molar-refractivity contribution is -0.220. The first-order valence-electron chi connectivity index (χ1n) is 7.82. The predicted octanol–water partition coefficient (Wildman–Crippen LogP) is 2.22. The van der Waals surface area contributed by atoms with E-state index in [4.69, 9.17) is 18.9 Å². The van der Waals surface area contributed by atoms with Gasteiger partial charge in [0.2, 0.25) is 0 Å². The average molecular weight is 352 g/mol. The van der Waals surface area contributed by atoms with Crippen molar-refractivity contribution in [1.82, 2.24) is 0 Å². The zero-order chi connectivity index (χ0) is 17.4. The first-order chi connectivity index (χ1) is 11.7.